The Kier molecular flexibility index (Phi) is 6.36. The Morgan fingerprint density at radius 3 is 2.61 bits per heavy atom. The lowest BCUT2D eigenvalue weighted by atomic mass is 9.93. The van der Waals surface area contributed by atoms with Crippen LogP contribution in [0.2, 0.25) is 0 Å². The maximum Gasteiger partial charge on any atom is 0.225 e. The molecular weight excluding hydrogens is 386 g/mol. The first kappa shape index (κ1) is 20.7. The summed E-state index contributed by atoms with van der Waals surface area (Å²) < 4.78 is 0. The summed E-state index contributed by atoms with van der Waals surface area (Å²) in [7, 11) is 3.85. The van der Waals surface area contributed by atoms with Crippen molar-refractivity contribution in [3.8, 4) is 22.5 Å². The van der Waals surface area contributed by atoms with E-state index in [0.717, 1.165) is 47.3 Å². The maximum absolute atomic E-state index is 12.4. The molecule has 0 spiro atoms. The molecule has 0 fully saturated rings. The molecule has 0 aliphatic heterocycles. The van der Waals surface area contributed by atoms with E-state index < -0.39 is 0 Å². The average Bonchev–Trinajstić information content (AvgIpc) is 2.83. The molecule has 1 unspecified atom stereocenters. The van der Waals surface area contributed by atoms with Crippen LogP contribution in [0, 0.1) is 5.92 Å². The molecule has 2 aromatic heterocycles. The number of anilines is 1. The zero-order valence-electron chi connectivity index (χ0n) is 18.0. The Labute approximate surface area is 183 Å². The topological polar surface area (TPSA) is 71.0 Å². The average molecular weight is 414 g/mol. The summed E-state index contributed by atoms with van der Waals surface area (Å²) in [5.41, 5.74) is 4.60. The van der Waals surface area contributed by atoms with Crippen molar-refractivity contribution in [2.24, 2.45) is 5.92 Å². The monoisotopic (exact) mass is 413 g/mol. The third-order valence-electron chi connectivity index (χ3n) is 5.45. The van der Waals surface area contributed by atoms with Gasteiger partial charge in [-0.3, -0.25) is 9.78 Å². The van der Waals surface area contributed by atoms with Gasteiger partial charge in [-0.1, -0.05) is 42.5 Å². The second-order valence-corrected chi connectivity index (χ2v) is 7.94. The van der Waals surface area contributed by atoms with Gasteiger partial charge in [0.1, 0.15) is 0 Å². The Hall–Kier alpha value is -3.54. The lowest BCUT2D eigenvalue weighted by Crippen LogP contribution is -2.30. The maximum atomic E-state index is 12.4. The zero-order chi connectivity index (χ0) is 21.6. The minimum Gasteiger partial charge on any atom is -0.352 e. The van der Waals surface area contributed by atoms with Crippen LogP contribution in [0.5, 0.6) is 0 Å². The first-order chi connectivity index (χ1) is 15.1. The van der Waals surface area contributed by atoms with Crippen LogP contribution < -0.4 is 10.2 Å². The number of hydrogen-bond acceptors (Lipinski definition) is 5. The quantitative estimate of drug-likeness (QED) is 0.612. The summed E-state index contributed by atoms with van der Waals surface area (Å²) in [5.74, 6) is 0.875. The van der Waals surface area contributed by atoms with Crippen LogP contribution in [0.3, 0.4) is 0 Å². The number of carbonyl (C=O) groups is 1. The summed E-state index contributed by atoms with van der Waals surface area (Å²) in [6, 6.07) is 14.0. The molecule has 3 aromatic rings. The van der Waals surface area contributed by atoms with Gasteiger partial charge in [0.15, 0.2) is 0 Å². The highest BCUT2D eigenvalue weighted by Gasteiger charge is 2.18. The van der Waals surface area contributed by atoms with Crippen molar-refractivity contribution in [1.82, 2.24) is 20.3 Å². The molecule has 1 aromatic carbocycles. The first-order valence-electron chi connectivity index (χ1n) is 10.6. The van der Waals surface area contributed by atoms with Gasteiger partial charge in [0.2, 0.25) is 11.9 Å². The smallest absolute Gasteiger partial charge is 0.225 e. The number of nitrogens with zero attached hydrogens (tertiary/aromatic N) is 4. The van der Waals surface area contributed by atoms with Gasteiger partial charge >= 0.3 is 0 Å². The number of benzene rings is 1. The van der Waals surface area contributed by atoms with Crippen LogP contribution in [0.1, 0.15) is 24.8 Å². The van der Waals surface area contributed by atoms with Gasteiger partial charge in [-0.25, -0.2) is 9.97 Å². The van der Waals surface area contributed by atoms with E-state index in [9.17, 15) is 4.79 Å². The minimum absolute atomic E-state index is 0.0932. The van der Waals surface area contributed by atoms with Gasteiger partial charge < -0.3 is 10.2 Å². The largest absolute Gasteiger partial charge is 0.352 e. The summed E-state index contributed by atoms with van der Waals surface area (Å²) in [6.45, 7) is 0.527. The summed E-state index contributed by atoms with van der Waals surface area (Å²) in [6.07, 6.45) is 10.6. The molecule has 6 heteroatoms. The third kappa shape index (κ3) is 4.97. The van der Waals surface area contributed by atoms with Crippen molar-refractivity contribution in [3.05, 3.63) is 72.6 Å². The fraction of sp³-hybridized carbons (Fsp3) is 0.280. The van der Waals surface area contributed by atoms with E-state index in [0.29, 0.717) is 12.5 Å². The van der Waals surface area contributed by atoms with E-state index in [1.807, 2.05) is 67.7 Å². The summed E-state index contributed by atoms with van der Waals surface area (Å²) in [4.78, 5) is 28.0. The first-order valence-corrected chi connectivity index (χ1v) is 10.6. The molecule has 1 aliphatic rings. The number of carbonyl (C=O) groups excluding carboxylic acids is 1. The molecule has 2 heterocycles. The van der Waals surface area contributed by atoms with Gasteiger partial charge in [-0.05, 0) is 37.0 Å². The minimum atomic E-state index is 0.0932. The van der Waals surface area contributed by atoms with E-state index in [2.05, 4.69) is 27.4 Å². The van der Waals surface area contributed by atoms with Gasteiger partial charge in [-0.2, -0.15) is 0 Å². The van der Waals surface area contributed by atoms with Crippen LogP contribution in [-0.4, -0.2) is 35.0 Å². The van der Waals surface area contributed by atoms with Gasteiger partial charge in [-0.15, -0.1) is 0 Å². The van der Waals surface area contributed by atoms with Crippen molar-refractivity contribution >= 4 is 11.9 Å². The highest BCUT2D eigenvalue weighted by atomic mass is 16.1. The van der Waals surface area contributed by atoms with Crippen LogP contribution in [0.15, 0.2) is 67.0 Å². The standard InChI is InChI=1S/C25H27N5O/c1-30(2)25-28-17-21(22-10-6-7-15-26-22)23(29-25)19-13-11-18(12-14-19)16-27-24(31)20-8-4-3-5-9-20/h3-4,6-7,10-15,17,20H,5,8-9,16H2,1-2H3,(H,27,31). The molecule has 6 nitrogen and oxygen atoms in total. The summed E-state index contributed by atoms with van der Waals surface area (Å²) in [5, 5.41) is 3.07. The van der Waals surface area contributed by atoms with E-state index in [-0.39, 0.29) is 11.8 Å². The van der Waals surface area contributed by atoms with Gasteiger partial charge in [0.25, 0.3) is 0 Å². The Morgan fingerprint density at radius 1 is 1.10 bits per heavy atom. The third-order valence-corrected chi connectivity index (χ3v) is 5.45. The number of rotatable bonds is 6. The van der Waals surface area contributed by atoms with Crippen molar-refractivity contribution in [1.29, 1.82) is 0 Å². The molecule has 31 heavy (non-hydrogen) atoms. The van der Waals surface area contributed by atoms with E-state index in [4.69, 9.17) is 4.98 Å². The van der Waals surface area contributed by atoms with Gasteiger partial charge in [0, 0.05) is 50.1 Å². The molecule has 1 amide bonds. The van der Waals surface area contributed by atoms with E-state index >= 15 is 0 Å². The van der Waals surface area contributed by atoms with Crippen molar-refractivity contribution < 1.29 is 4.79 Å². The molecule has 158 valence electrons. The number of amides is 1. The number of allylic oxidation sites excluding steroid dienone is 2. The Balaban J connectivity index is 1.54. The predicted molar refractivity (Wildman–Crippen MR) is 123 cm³/mol. The second kappa shape index (κ2) is 9.51. The Morgan fingerprint density at radius 2 is 1.94 bits per heavy atom. The van der Waals surface area contributed by atoms with E-state index in [1.165, 1.54) is 0 Å². The predicted octanol–water partition coefficient (Wildman–Crippen LogP) is 4.24. The van der Waals surface area contributed by atoms with Crippen molar-refractivity contribution in [2.45, 2.75) is 25.8 Å². The SMILES string of the molecule is CN(C)c1ncc(-c2ccccn2)c(-c2ccc(CNC(=O)C3CC=CCC3)cc2)n1. The molecule has 0 bridgehead atoms. The molecule has 4 rings (SSSR count). The van der Waals surface area contributed by atoms with Crippen molar-refractivity contribution in [2.75, 3.05) is 19.0 Å². The molecule has 0 saturated heterocycles. The van der Waals surface area contributed by atoms with E-state index in [1.54, 1.807) is 6.20 Å². The molecule has 1 atom stereocenters. The fourth-order valence-electron chi connectivity index (χ4n) is 3.66. The number of aromatic nitrogens is 3. The van der Waals surface area contributed by atoms with Gasteiger partial charge in [0.05, 0.1) is 11.4 Å². The van der Waals surface area contributed by atoms with Crippen LogP contribution in [0.25, 0.3) is 22.5 Å². The van der Waals surface area contributed by atoms with Crippen LogP contribution in [0.4, 0.5) is 5.95 Å². The molecule has 0 saturated carbocycles. The molecule has 1 N–H and O–H groups in total. The molecule has 1 aliphatic carbocycles. The number of pyridine rings is 1. The highest BCUT2D eigenvalue weighted by Crippen LogP contribution is 2.30. The lowest BCUT2D eigenvalue weighted by molar-refractivity contribution is -0.125. The Bertz CT molecular complexity index is 1060. The fourth-order valence-corrected chi connectivity index (χ4v) is 3.66. The van der Waals surface area contributed by atoms with Crippen LogP contribution in [-0.2, 0) is 11.3 Å². The zero-order valence-corrected chi connectivity index (χ0v) is 18.0. The lowest BCUT2D eigenvalue weighted by Gasteiger charge is -2.17. The summed E-state index contributed by atoms with van der Waals surface area (Å²) >= 11 is 0. The number of hydrogen-bond donors (Lipinski definition) is 1. The second-order valence-electron chi connectivity index (χ2n) is 7.94. The highest BCUT2D eigenvalue weighted by molar-refractivity contribution is 5.80. The normalized spacial score (nSPS) is 15.5. The van der Waals surface area contributed by atoms with Crippen LogP contribution >= 0.6 is 0 Å². The molecule has 0 radical (unpaired) electrons. The molecular formula is C25H27N5O. The van der Waals surface area contributed by atoms with Crippen molar-refractivity contribution in [3.63, 3.8) is 0 Å². The number of nitrogens with one attached hydrogen (secondary N) is 1.